The van der Waals surface area contributed by atoms with Crippen molar-refractivity contribution in [3.05, 3.63) is 29.8 Å². The third-order valence-corrected chi connectivity index (χ3v) is 7.54. The summed E-state index contributed by atoms with van der Waals surface area (Å²) >= 11 is 0. The zero-order valence-electron chi connectivity index (χ0n) is 14.4. The van der Waals surface area contributed by atoms with E-state index in [2.05, 4.69) is 4.72 Å². The summed E-state index contributed by atoms with van der Waals surface area (Å²) in [5.74, 6) is -0.246. The first-order valence-corrected chi connectivity index (χ1v) is 11.5. The van der Waals surface area contributed by atoms with Crippen molar-refractivity contribution in [3.63, 3.8) is 0 Å². The summed E-state index contributed by atoms with van der Waals surface area (Å²) in [6.07, 6.45) is 2.07. The number of carbonyl (C=O) groups is 1. The van der Waals surface area contributed by atoms with Gasteiger partial charge in [0.05, 0.1) is 16.4 Å². The van der Waals surface area contributed by atoms with Crippen LogP contribution in [0.15, 0.2) is 29.2 Å². The molecule has 1 aliphatic rings. The van der Waals surface area contributed by atoms with Crippen LogP contribution in [0, 0.1) is 0 Å². The summed E-state index contributed by atoms with van der Waals surface area (Å²) < 4.78 is 49.9. The normalized spacial score (nSPS) is 19.7. The second-order valence-electron chi connectivity index (χ2n) is 6.25. The van der Waals surface area contributed by atoms with Crippen molar-refractivity contribution in [2.75, 3.05) is 25.1 Å². The van der Waals surface area contributed by atoms with E-state index in [0.29, 0.717) is 18.5 Å². The molecule has 140 valence electrons. The Hall–Kier alpha value is -1.45. The van der Waals surface area contributed by atoms with Gasteiger partial charge in [-0.2, -0.15) is 0 Å². The molecule has 1 heterocycles. The molecule has 0 saturated carbocycles. The van der Waals surface area contributed by atoms with E-state index in [1.54, 1.807) is 7.05 Å². The molecule has 7 nitrogen and oxygen atoms in total. The molecular weight excluding hydrogens is 364 g/mol. The van der Waals surface area contributed by atoms with Gasteiger partial charge < -0.3 is 4.90 Å². The van der Waals surface area contributed by atoms with Gasteiger partial charge in [-0.25, -0.2) is 21.6 Å². The number of sulfonamides is 1. The molecule has 0 spiro atoms. The summed E-state index contributed by atoms with van der Waals surface area (Å²) in [7, 11) is -5.08. The van der Waals surface area contributed by atoms with Gasteiger partial charge in [0, 0.05) is 25.2 Å². The van der Waals surface area contributed by atoms with Gasteiger partial charge in [0.2, 0.25) is 10.0 Å². The molecule has 1 amide bonds. The average Bonchev–Trinajstić information content (AvgIpc) is 2.94. The molecule has 25 heavy (non-hydrogen) atoms. The lowest BCUT2D eigenvalue weighted by Gasteiger charge is -2.23. The van der Waals surface area contributed by atoms with Crippen LogP contribution < -0.4 is 4.72 Å². The van der Waals surface area contributed by atoms with E-state index >= 15 is 0 Å². The van der Waals surface area contributed by atoms with E-state index in [1.165, 1.54) is 29.2 Å². The van der Waals surface area contributed by atoms with Crippen molar-refractivity contribution in [1.82, 2.24) is 9.62 Å². The van der Waals surface area contributed by atoms with Crippen molar-refractivity contribution in [2.45, 2.75) is 37.1 Å². The largest absolute Gasteiger partial charge is 0.338 e. The molecule has 1 aromatic carbocycles. The van der Waals surface area contributed by atoms with Gasteiger partial charge in [0.15, 0.2) is 9.84 Å². The highest BCUT2D eigenvalue weighted by Crippen LogP contribution is 2.19. The maximum Gasteiger partial charge on any atom is 0.253 e. The first-order valence-electron chi connectivity index (χ1n) is 8.23. The summed E-state index contributed by atoms with van der Waals surface area (Å²) in [6.45, 7) is 2.35. The molecule has 1 aromatic rings. The number of nitrogens with zero attached hydrogens (tertiary/aromatic N) is 1. The highest BCUT2D eigenvalue weighted by atomic mass is 32.2. The van der Waals surface area contributed by atoms with Crippen LogP contribution in [0.5, 0.6) is 0 Å². The van der Waals surface area contributed by atoms with E-state index in [-0.39, 0.29) is 28.4 Å². The summed E-state index contributed by atoms with van der Waals surface area (Å²) in [4.78, 5) is 14.0. The molecule has 0 bridgehead atoms. The Balaban J connectivity index is 2.07. The monoisotopic (exact) mass is 388 g/mol. The number of carbonyl (C=O) groups excluding carboxylic acids is 1. The van der Waals surface area contributed by atoms with Crippen molar-refractivity contribution in [2.24, 2.45) is 0 Å². The van der Waals surface area contributed by atoms with Gasteiger partial charge >= 0.3 is 0 Å². The van der Waals surface area contributed by atoms with E-state index in [1.807, 2.05) is 6.92 Å². The molecule has 1 N–H and O–H groups in total. The van der Waals surface area contributed by atoms with Gasteiger partial charge in [-0.15, -0.1) is 0 Å². The van der Waals surface area contributed by atoms with Crippen LogP contribution in [0.4, 0.5) is 0 Å². The van der Waals surface area contributed by atoms with Crippen LogP contribution in [0.2, 0.25) is 0 Å². The lowest BCUT2D eigenvalue weighted by molar-refractivity contribution is 0.0747. The highest BCUT2D eigenvalue weighted by Gasteiger charge is 2.33. The van der Waals surface area contributed by atoms with Crippen LogP contribution in [0.3, 0.4) is 0 Å². The van der Waals surface area contributed by atoms with Crippen molar-refractivity contribution < 1.29 is 21.6 Å². The van der Waals surface area contributed by atoms with E-state index in [9.17, 15) is 21.6 Å². The van der Waals surface area contributed by atoms with Crippen molar-refractivity contribution in [3.8, 4) is 0 Å². The third kappa shape index (κ3) is 5.02. The van der Waals surface area contributed by atoms with Gasteiger partial charge in [-0.05, 0) is 37.1 Å². The van der Waals surface area contributed by atoms with E-state index in [0.717, 1.165) is 12.8 Å². The molecule has 0 radical (unpaired) electrons. The molecular formula is C16H24N2O5S2. The molecule has 1 unspecified atom stereocenters. The zero-order valence-corrected chi connectivity index (χ0v) is 16.1. The van der Waals surface area contributed by atoms with Crippen LogP contribution in [-0.2, 0) is 19.9 Å². The minimum atomic E-state index is -3.58. The van der Waals surface area contributed by atoms with E-state index in [4.69, 9.17) is 0 Å². The summed E-state index contributed by atoms with van der Waals surface area (Å²) in [5.41, 5.74) is 0.333. The fraction of sp³-hybridized carbons (Fsp3) is 0.562. The fourth-order valence-electron chi connectivity index (χ4n) is 2.69. The van der Waals surface area contributed by atoms with Crippen LogP contribution in [-0.4, -0.2) is 58.8 Å². The standard InChI is InChI=1S/C16H24N2O5S2/c1-3-4-10-17-25(22,23)15-7-5-13(6-8-15)16(19)18(2)14-9-11-24(20,21)12-14/h5-8,14,17H,3-4,9-12H2,1-2H3. The van der Waals surface area contributed by atoms with Crippen LogP contribution >= 0.6 is 0 Å². The number of rotatable bonds is 7. The lowest BCUT2D eigenvalue weighted by atomic mass is 10.1. The Kier molecular flexibility index (Phi) is 6.23. The Morgan fingerprint density at radius 1 is 1.28 bits per heavy atom. The number of benzene rings is 1. The lowest BCUT2D eigenvalue weighted by Crippen LogP contribution is -2.37. The highest BCUT2D eigenvalue weighted by molar-refractivity contribution is 7.91. The predicted octanol–water partition coefficient (Wildman–Crippen LogP) is 1.02. The number of sulfone groups is 1. The molecule has 0 aromatic heterocycles. The van der Waals surface area contributed by atoms with E-state index < -0.39 is 19.9 Å². The van der Waals surface area contributed by atoms with Gasteiger partial charge in [0.25, 0.3) is 5.91 Å². The van der Waals surface area contributed by atoms with Crippen LogP contribution in [0.25, 0.3) is 0 Å². The number of hydrogen-bond donors (Lipinski definition) is 1. The van der Waals surface area contributed by atoms with Crippen LogP contribution in [0.1, 0.15) is 36.5 Å². The van der Waals surface area contributed by atoms with Crippen molar-refractivity contribution >= 4 is 25.8 Å². The summed E-state index contributed by atoms with van der Waals surface area (Å²) in [5, 5.41) is 0. The first kappa shape index (κ1) is 19.9. The third-order valence-electron chi connectivity index (χ3n) is 4.31. The summed E-state index contributed by atoms with van der Waals surface area (Å²) in [6, 6.07) is 5.35. The topological polar surface area (TPSA) is 101 Å². The fourth-order valence-corrected chi connectivity index (χ4v) is 5.54. The number of amides is 1. The Morgan fingerprint density at radius 3 is 2.44 bits per heavy atom. The first-order chi connectivity index (χ1) is 11.7. The number of hydrogen-bond acceptors (Lipinski definition) is 5. The number of nitrogens with one attached hydrogen (secondary N) is 1. The Morgan fingerprint density at radius 2 is 1.92 bits per heavy atom. The molecule has 1 saturated heterocycles. The zero-order chi connectivity index (χ0) is 18.7. The quantitative estimate of drug-likeness (QED) is 0.703. The molecule has 1 aliphatic heterocycles. The van der Waals surface area contributed by atoms with Gasteiger partial charge in [-0.3, -0.25) is 4.79 Å². The molecule has 9 heteroatoms. The molecule has 2 rings (SSSR count). The Labute approximate surface area is 149 Å². The molecule has 1 atom stereocenters. The minimum absolute atomic E-state index is 0.0248. The second kappa shape index (κ2) is 7.84. The Bertz CT molecular complexity index is 817. The predicted molar refractivity (Wildman–Crippen MR) is 95.7 cm³/mol. The van der Waals surface area contributed by atoms with Gasteiger partial charge in [-0.1, -0.05) is 13.3 Å². The maximum absolute atomic E-state index is 12.5. The molecule has 0 aliphatic carbocycles. The minimum Gasteiger partial charge on any atom is -0.338 e. The average molecular weight is 389 g/mol. The smallest absolute Gasteiger partial charge is 0.253 e. The maximum atomic E-state index is 12.5. The van der Waals surface area contributed by atoms with Gasteiger partial charge in [0.1, 0.15) is 0 Å². The van der Waals surface area contributed by atoms with Crippen molar-refractivity contribution in [1.29, 1.82) is 0 Å². The number of unbranched alkanes of at least 4 members (excludes halogenated alkanes) is 1. The SMILES string of the molecule is CCCCNS(=O)(=O)c1ccc(C(=O)N(C)C2CCS(=O)(=O)C2)cc1. The molecule has 1 fully saturated rings. The second-order valence-corrected chi connectivity index (χ2v) is 10.2.